The van der Waals surface area contributed by atoms with Crippen molar-refractivity contribution >= 4 is 39.7 Å². The maximum absolute atomic E-state index is 11.9. The number of halogens is 2. The molecule has 0 saturated heterocycles. The minimum atomic E-state index is -0.299. The van der Waals surface area contributed by atoms with Crippen molar-refractivity contribution in [2.24, 2.45) is 0 Å². The van der Waals surface area contributed by atoms with Crippen LogP contribution in [0.15, 0.2) is 40.9 Å². The summed E-state index contributed by atoms with van der Waals surface area (Å²) in [6.45, 7) is 0.149. The van der Waals surface area contributed by atoms with Crippen molar-refractivity contribution in [2.45, 2.75) is 6.54 Å². The molecule has 0 saturated carbocycles. The third kappa shape index (κ3) is 4.97. The predicted molar refractivity (Wildman–Crippen MR) is 94.9 cm³/mol. The lowest BCUT2D eigenvalue weighted by Gasteiger charge is -2.12. The maximum Gasteiger partial charge on any atom is 0.258 e. The van der Waals surface area contributed by atoms with E-state index in [0.29, 0.717) is 39.4 Å². The Morgan fingerprint density at radius 3 is 2.75 bits per heavy atom. The second-order valence-electron chi connectivity index (χ2n) is 4.84. The normalized spacial score (nSPS) is 10.1. The zero-order valence-corrected chi connectivity index (χ0v) is 15.2. The fourth-order valence-corrected chi connectivity index (χ4v) is 2.58. The first-order valence-corrected chi connectivity index (χ1v) is 8.17. The van der Waals surface area contributed by atoms with Crippen LogP contribution >= 0.6 is 27.5 Å². The SMILES string of the molecule is COc1cc(Br)c(C=O)cc1OCC(=O)NCc1cccc(Cl)c1. The van der Waals surface area contributed by atoms with Crippen LogP contribution in [0.1, 0.15) is 15.9 Å². The molecule has 7 heteroatoms. The molecule has 0 bridgehead atoms. The summed E-state index contributed by atoms with van der Waals surface area (Å²) in [5.41, 5.74) is 1.30. The highest BCUT2D eigenvalue weighted by Crippen LogP contribution is 2.32. The highest BCUT2D eigenvalue weighted by atomic mass is 79.9. The minimum absolute atomic E-state index is 0.198. The van der Waals surface area contributed by atoms with Crippen LogP contribution in [0, 0.1) is 0 Å². The fourth-order valence-electron chi connectivity index (χ4n) is 1.96. The van der Waals surface area contributed by atoms with Crippen LogP contribution in [0.3, 0.4) is 0 Å². The van der Waals surface area contributed by atoms with Gasteiger partial charge in [-0.2, -0.15) is 0 Å². The molecule has 0 radical (unpaired) electrons. The summed E-state index contributed by atoms with van der Waals surface area (Å²) >= 11 is 9.15. The molecule has 0 spiro atoms. The molecule has 0 atom stereocenters. The second-order valence-corrected chi connectivity index (χ2v) is 6.13. The largest absolute Gasteiger partial charge is 0.493 e. The molecule has 126 valence electrons. The van der Waals surface area contributed by atoms with Crippen molar-refractivity contribution in [1.29, 1.82) is 0 Å². The zero-order valence-electron chi connectivity index (χ0n) is 12.8. The van der Waals surface area contributed by atoms with Crippen molar-refractivity contribution in [3.05, 3.63) is 57.0 Å². The summed E-state index contributed by atoms with van der Waals surface area (Å²) in [5, 5.41) is 3.34. The van der Waals surface area contributed by atoms with Crippen LogP contribution in [0.2, 0.25) is 5.02 Å². The number of rotatable bonds is 7. The van der Waals surface area contributed by atoms with Gasteiger partial charge in [0.25, 0.3) is 5.91 Å². The molecule has 2 aromatic rings. The van der Waals surface area contributed by atoms with E-state index in [1.165, 1.54) is 13.2 Å². The topological polar surface area (TPSA) is 64.6 Å². The number of nitrogens with one attached hydrogen (secondary N) is 1. The van der Waals surface area contributed by atoms with Gasteiger partial charge in [0.05, 0.1) is 7.11 Å². The van der Waals surface area contributed by atoms with Gasteiger partial charge in [-0.1, -0.05) is 23.7 Å². The number of hydrogen-bond acceptors (Lipinski definition) is 4. The van der Waals surface area contributed by atoms with Crippen molar-refractivity contribution in [3.8, 4) is 11.5 Å². The van der Waals surface area contributed by atoms with Crippen LogP contribution in [0.5, 0.6) is 11.5 Å². The van der Waals surface area contributed by atoms with Gasteiger partial charge in [0, 0.05) is 21.6 Å². The molecule has 1 N–H and O–H groups in total. The zero-order chi connectivity index (χ0) is 17.5. The number of methoxy groups -OCH3 is 1. The Morgan fingerprint density at radius 1 is 1.29 bits per heavy atom. The number of ether oxygens (including phenoxy) is 2. The molecule has 0 unspecified atom stereocenters. The van der Waals surface area contributed by atoms with Gasteiger partial charge in [-0.15, -0.1) is 0 Å². The fraction of sp³-hybridized carbons (Fsp3) is 0.176. The molecule has 0 heterocycles. The summed E-state index contributed by atoms with van der Waals surface area (Å²) in [6, 6.07) is 10.3. The van der Waals surface area contributed by atoms with Crippen LogP contribution < -0.4 is 14.8 Å². The molecule has 2 aromatic carbocycles. The van der Waals surface area contributed by atoms with E-state index in [2.05, 4.69) is 21.2 Å². The Balaban J connectivity index is 1.95. The highest BCUT2D eigenvalue weighted by molar-refractivity contribution is 9.10. The Morgan fingerprint density at radius 2 is 2.08 bits per heavy atom. The summed E-state index contributed by atoms with van der Waals surface area (Å²) in [7, 11) is 1.48. The number of carbonyl (C=O) groups excluding carboxylic acids is 2. The molecular weight excluding hydrogens is 398 g/mol. The smallest absolute Gasteiger partial charge is 0.258 e. The number of hydrogen-bond donors (Lipinski definition) is 1. The van der Waals surface area contributed by atoms with Crippen molar-refractivity contribution < 1.29 is 19.1 Å². The maximum atomic E-state index is 11.9. The lowest BCUT2D eigenvalue weighted by atomic mass is 10.2. The standard InChI is InChI=1S/C17H15BrClNO4/c1-23-15-7-14(18)12(9-21)6-16(15)24-10-17(22)20-8-11-3-2-4-13(19)5-11/h2-7,9H,8,10H2,1H3,(H,20,22). The number of aldehydes is 1. The average molecular weight is 413 g/mol. The lowest BCUT2D eigenvalue weighted by Crippen LogP contribution is -2.28. The van der Waals surface area contributed by atoms with E-state index >= 15 is 0 Å². The van der Waals surface area contributed by atoms with Crippen LogP contribution in [-0.2, 0) is 11.3 Å². The van der Waals surface area contributed by atoms with E-state index in [0.717, 1.165) is 5.56 Å². The molecule has 0 fully saturated rings. The molecule has 5 nitrogen and oxygen atoms in total. The molecule has 1 amide bonds. The van der Waals surface area contributed by atoms with Crippen LogP contribution in [-0.4, -0.2) is 25.9 Å². The molecular formula is C17H15BrClNO4. The Hall–Kier alpha value is -2.05. The Bertz CT molecular complexity index is 751. The van der Waals surface area contributed by atoms with Crippen molar-refractivity contribution in [3.63, 3.8) is 0 Å². The quantitative estimate of drug-likeness (QED) is 0.706. The van der Waals surface area contributed by atoms with Gasteiger partial charge in [0.15, 0.2) is 24.4 Å². The molecule has 24 heavy (non-hydrogen) atoms. The van der Waals surface area contributed by atoms with Gasteiger partial charge < -0.3 is 14.8 Å². The third-order valence-corrected chi connectivity index (χ3v) is 4.07. The van der Waals surface area contributed by atoms with E-state index in [4.69, 9.17) is 21.1 Å². The van der Waals surface area contributed by atoms with Gasteiger partial charge in [-0.25, -0.2) is 0 Å². The molecule has 0 aliphatic heterocycles. The summed E-state index contributed by atoms with van der Waals surface area (Å²) in [6.07, 6.45) is 0.690. The Labute approximate surface area is 153 Å². The summed E-state index contributed by atoms with van der Waals surface area (Å²) < 4.78 is 11.2. The summed E-state index contributed by atoms with van der Waals surface area (Å²) in [5.74, 6) is 0.448. The first-order chi connectivity index (χ1) is 11.5. The minimum Gasteiger partial charge on any atom is -0.493 e. The van der Waals surface area contributed by atoms with E-state index in [1.54, 1.807) is 18.2 Å². The van der Waals surface area contributed by atoms with Gasteiger partial charge in [0.1, 0.15) is 0 Å². The molecule has 2 rings (SSSR count). The van der Waals surface area contributed by atoms with Gasteiger partial charge >= 0.3 is 0 Å². The molecule has 0 aliphatic rings. The third-order valence-electron chi connectivity index (χ3n) is 3.15. The van der Waals surface area contributed by atoms with E-state index in [-0.39, 0.29) is 12.5 Å². The Kier molecular flexibility index (Phi) is 6.63. The molecule has 0 aromatic heterocycles. The predicted octanol–water partition coefficient (Wildman–Crippen LogP) is 3.62. The van der Waals surface area contributed by atoms with E-state index in [9.17, 15) is 9.59 Å². The number of amides is 1. The highest BCUT2D eigenvalue weighted by Gasteiger charge is 2.11. The first kappa shape index (κ1) is 18.3. The van der Waals surface area contributed by atoms with Crippen LogP contribution in [0.4, 0.5) is 0 Å². The molecule has 0 aliphatic carbocycles. The average Bonchev–Trinajstić information content (AvgIpc) is 2.58. The van der Waals surface area contributed by atoms with E-state index in [1.807, 2.05) is 12.1 Å². The summed E-state index contributed by atoms with van der Waals surface area (Å²) in [4.78, 5) is 22.9. The number of carbonyl (C=O) groups is 2. The lowest BCUT2D eigenvalue weighted by molar-refractivity contribution is -0.123. The first-order valence-electron chi connectivity index (χ1n) is 7.00. The monoisotopic (exact) mass is 411 g/mol. The van der Waals surface area contributed by atoms with E-state index < -0.39 is 0 Å². The van der Waals surface area contributed by atoms with Crippen molar-refractivity contribution in [1.82, 2.24) is 5.32 Å². The number of benzene rings is 2. The van der Waals surface area contributed by atoms with Crippen LogP contribution in [0.25, 0.3) is 0 Å². The van der Waals surface area contributed by atoms with Gasteiger partial charge in [-0.05, 0) is 45.8 Å². The van der Waals surface area contributed by atoms with Gasteiger partial charge in [-0.3, -0.25) is 9.59 Å². The van der Waals surface area contributed by atoms with Gasteiger partial charge in [0.2, 0.25) is 0 Å². The second kappa shape index (κ2) is 8.70. The van der Waals surface area contributed by atoms with Crippen molar-refractivity contribution in [2.75, 3.05) is 13.7 Å².